The highest BCUT2D eigenvalue weighted by molar-refractivity contribution is 6.18. The summed E-state index contributed by atoms with van der Waals surface area (Å²) in [6, 6.07) is 12.4. The van der Waals surface area contributed by atoms with E-state index in [1.54, 1.807) is 25.1 Å². The van der Waals surface area contributed by atoms with Crippen molar-refractivity contribution in [2.75, 3.05) is 11.9 Å². The van der Waals surface area contributed by atoms with Crippen molar-refractivity contribution in [2.24, 2.45) is 0 Å². The van der Waals surface area contributed by atoms with Gasteiger partial charge in [0.1, 0.15) is 11.3 Å². The van der Waals surface area contributed by atoms with Crippen LogP contribution in [-0.2, 0) is 11.2 Å². The van der Waals surface area contributed by atoms with Gasteiger partial charge in [0, 0.05) is 22.7 Å². The van der Waals surface area contributed by atoms with Gasteiger partial charge in [-0.05, 0) is 31.2 Å². The molecule has 0 bridgehead atoms. The smallest absolute Gasteiger partial charge is 0.344 e. The average molecular weight is 392 g/mol. The Morgan fingerprint density at radius 2 is 1.93 bits per heavy atom. The Kier molecular flexibility index (Phi) is 4.72. The number of aromatic hydroxyl groups is 1. The van der Waals surface area contributed by atoms with Crippen LogP contribution in [0, 0.1) is 0 Å². The number of rotatable bonds is 5. The average Bonchev–Trinajstić information content (AvgIpc) is 3.33. The third-order valence-corrected chi connectivity index (χ3v) is 4.74. The van der Waals surface area contributed by atoms with Gasteiger partial charge in [0.2, 0.25) is 0 Å². The maximum atomic E-state index is 12.6. The second kappa shape index (κ2) is 7.35. The molecule has 2 aromatic carbocycles. The lowest BCUT2D eigenvalue weighted by atomic mass is 10.1. The number of benzene rings is 2. The molecule has 1 amide bonds. The van der Waals surface area contributed by atoms with E-state index in [0.29, 0.717) is 23.1 Å². The topological polar surface area (TPSA) is 105 Å². The van der Waals surface area contributed by atoms with E-state index in [1.165, 1.54) is 0 Å². The van der Waals surface area contributed by atoms with E-state index in [0.717, 1.165) is 10.9 Å². The van der Waals surface area contributed by atoms with E-state index in [9.17, 15) is 14.7 Å². The number of anilines is 1. The zero-order chi connectivity index (χ0) is 20.5. The van der Waals surface area contributed by atoms with Gasteiger partial charge in [0.15, 0.2) is 11.5 Å². The van der Waals surface area contributed by atoms with Crippen LogP contribution in [0.2, 0.25) is 0 Å². The first kappa shape index (κ1) is 18.6. The first-order chi connectivity index (χ1) is 14.0. The molecule has 2 aromatic heterocycles. The molecular formula is C22H20N2O5. The van der Waals surface area contributed by atoms with Gasteiger partial charge in [-0.3, -0.25) is 4.79 Å². The Bertz CT molecular complexity index is 1230. The minimum atomic E-state index is -0.677. The normalized spacial score (nSPS) is 11.1. The molecule has 7 heteroatoms. The lowest BCUT2D eigenvalue weighted by Gasteiger charge is -2.12. The molecule has 0 saturated heterocycles. The molecular weight excluding hydrogens is 372 g/mol. The third-order valence-electron chi connectivity index (χ3n) is 4.74. The number of carbonyl (C=O) groups excluding carboxylic acids is 2. The van der Waals surface area contributed by atoms with Gasteiger partial charge in [-0.2, -0.15) is 0 Å². The van der Waals surface area contributed by atoms with E-state index >= 15 is 0 Å². The molecule has 0 fully saturated rings. The van der Waals surface area contributed by atoms with Crippen molar-refractivity contribution in [1.82, 2.24) is 4.98 Å². The van der Waals surface area contributed by atoms with Crippen molar-refractivity contribution in [3.05, 3.63) is 59.5 Å². The lowest BCUT2D eigenvalue weighted by molar-refractivity contribution is 0.0525. The van der Waals surface area contributed by atoms with Gasteiger partial charge >= 0.3 is 5.97 Å². The van der Waals surface area contributed by atoms with Crippen molar-refractivity contribution in [3.8, 4) is 5.75 Å². The highest BCUT2D eigenvalue weighted by Crippen LogP contribution is 2.39. The highest BCUT2D eigenvalue weighted by atomic mass is 16.5. The first-order valence-corrected chi connectivity index (χ1v) is 9.37. The summed E-state index contributed by atoms with van der Waals surface area (Å²) in [4.78, 5) is 28.3. The van der Waals surface area contributed by atoms with Crippen LogP contribution in [0.4, 0.5) is 5.69 Å². The fraction of sp³-hybridized carbons (Fsp3) is 0.182. The molecule has 0 aliphatic carbocycles. The number of phenolic OH excluding ortho intramolecular Hbond substituents is 1. The number of fused-ring (bicyclic) bond motifs is 3. The number of carbonyl (C=O) groups is 2. The summed E-state index contributed by atoms with van der Waals surface area (Å²) in [6.45, 7) is 3.76. The molecule has 4 rings (SSSR count). The van der Waals surface area contributed by atoms with Crippen molar-refractivity contribution >= 4 is 39.4 Å². The summed E-state index contributed by atoms with van der Waals surface area (Å²) in [7, 11) is 0. The van der Waals surface area contributed by atoms with Gasteiger partial charge in [-0.1, -0.05) is 25.1 Å². The lowest BCUT2D eigenvalue weighted by Crippen LogP contribution is -2.13. The maximum Gasteiger partial charge on any atom is 0.344 e. The van der Waals surface area contributed by atoms with Gasteiger partial charge in [-0.15, -0.1) is 0 Å². The number of hydrogen-bond acceptors (Lipinski definition) is 5. The van der Waals surface area contributed by atoms with E-state index in [-0.39, 0.29) is 29.4 Å². The summed E-state index contributed by atoms with van der Waals surface area (Å²) >= 11 is 0. The molecule has 148 valence electrons. The molecule has 0 aliphatic rings. The van der Waals surface area contributed by atoms with E-state index in [1.807, 2.05) is 31.2 Å². The minimum absolute atomic E-state index is 0.0236. The molecule has 0 aliphatic heterocycles. The zero-order valence-electron chi connectivity index (χ0n) is 16.0. The second-order valence-corrected chi connectivity index (χ2v) is 6.53. The summed E-state index contributed by atoms with van der Waals surface area (Å²) in [6.07, 6.45) is 0.660. The molecule has 0 spiro atoms. The number of amides is 1. The van der Waals surface area contributed by atoms with E-state index < -0.39 is 11.9 Å². The Labute approximate surface area is 166 Å². The number of aryl methyl sites for hydroxylation is 1. The van der Waals surface area contributed by atoms with Crippen LogP contribution in [0.3, 0.4) is 0 Å². The van der Waals surface area contributed by atoms with Crippen molar-refractivity contribution in [1.29, 1.82) is 0 Å². The van der Waals surface area contributed by atoms with Crippen molar-refractivity contribution in [3.63, 3.8) is 0 Å². The van der Waals surface area contributed by atoms with Crippen LogP contribution in [0.25, 0.3) is 21.8 Å². The fourth-order valence-electron chi connectivity index (χ4n) is 3.35. The van der Waals surface area contributed by atoms with Gasteiger partial charge < -0.3 is 24.6 Å². The van der Waals surface area contributed by atoms with Gasteiger partial charge in [0.25, 0.3) is 5.91 Å². The molecule has 0 unspecified atom stereocenters. The van der Waals surface area contributed by atoms with E-state index in [4.69, 9.17) is 9.15 Å². The summed E-state index contributed by atoms with van der Waals surface area (Å²) < 4.78 is 10.6. The number of ether oxygens (including phenoxy) is 1. The molecule has 0 saturated carbocycles. The highest BCUT2D eigenvalue weighted by Gasteiger charge is 2.24. The summed E-state index contributed by atoms with van der Waals surface area (Å²) in [5, 5.41) is 15.0. The standard InChI is InChI=1S/C22H20N2O5/c1-3-12-9-10-17(29-12)21(26)24-16-11-14-13-7-5-6-8-15(13)23-19(14)18(20(16)25)22(27)28-4-2/h5-11,23,25H,3-4H2,1-2H3,(H,24,26). The van der Waals surface area contributed by atoms with Crippen LogP contribution in [-0.4, -0.2) is 28.6 Å². The number of H-pyrrole nitrogens is 1. The number of hydrogen-bond donors (Lipinski definition) is 3. The predicted molar refractivity (Wildman–Crippen MR) is 109 cm³/mol. The molecule has 7 nitrogen and oxygen atoms in total. The van der Waals surface area contributed by atoms with Crippen LogP contribution in [0.5, 0.6) is 5.75 Å². The van der Waals surface area contributed by atoms with Gasteiger partial charge in [-0.25, -0.2) is 4.79 Å². The Hall–Kier alpha value is -3.74. The van der Waals surface area contributed by atoms with Gasteiger partial charge in [0.05, 0.1) is 17.8 Å². The quantitative estimate of drug-likeness (QED) is 0.340. The molecule has 0 radical (unpaired) electrons. The number of aromatic amines is 1. The Balaban J connectivity index is 1.86. The fourth-order valence-corrected chi connectivity index (χ4v) is 3.35. The van der Waals surface area contributed by atoms with Crippen LogP contribution in [0.15, 0.2) is 46.9 Å². The monoisotopic (exact) mass is 392 g/mol. The summed E-state index contributed by atoms with van der Waals surface area (Å²) in [5.74, 6) is -0.757. The predicted octanol–water partition coefficient (Wildman–Crippen LogP) is 4.61. The molecule has 0 atom stereocenters. The van der Waals surface area contributed by atoms with Crippen LogP contribution < -0.4 is 5.32 Å². The second-order valence-electron chi connectivity index (χ2n) is 6.53. The number of para-hydroxylation sites is 1. The van der Waals surface area contributed by atoms with Crippen LogP contribution >= 0.6 is 0 Å². The number of aromatic nitrogens is 1. The molecule has 29 heavy (non-hydrogen) atoms. The van der Waals surface area contributed by atoms with Crippen molar-refractivity contribution in [2.45, 2.75) is 20.3 Å². The SMILES string of the molecule is CCOC(=O)c1c(O)c(NC(=O)c2ccc(CC)o2)cc2c1[nH]c1ccccc12. The number of phenols is 1. The largest absolute Gasteiger partial charge is 0.505 e. The Morgan fingerprint density at radius 3 is 2.66 bits per heavy atom. The molecule has 4 aromatic rings. The van der Waals surface area contributed by atoms with Crippen molar-refractivity contribution < 1.29 is 23.8 Å². The minimum Gasteiger partial charge on any atom is -0.505 e. The van der Waals surface area contributed by atoms with Crippen LogP contribution in [0.1, 0.15) is 40.5 Å². The summed E-state index contributed by atoms with van der Waals surface area (Å²) in [5.41, 5.74) is 1.33. The molecule has 3 N–H and O–H groups in total. The number of esters is 1. The van der Waals surface area contributed by atoms with E-state index in [2.05, 4.69) is 10.3 Å². The number of furan rings is 1. The third kappa shape index (κ3) is 3.20. The number of nitrogens with one attached hydrogen (secondary N) is 2. The maximum absolute atomic E-state index is 12.6. The zero-order valence-corrected chi connectivity index (χ0v) is 16.0. The Morgan fingerprint density at radius 1 is 1.14 bits per heavy atom. The first-order valence-electron chi connectivity index (χ1n) is 9.37. The molecule has 2 heterocycles.